The zero-order valence-electron chi connectivity index (χ0n) is 37.2. The number of phosphoric ester groups is 2. The number of aliphatic hydroxyl groups is 1. The molecule has 0 amide bonds. The van der Waals surface area contributed by atoms with E-state index in [-0.39, 0.29) is 18.6 Å². The van der Waals surface area contributed by atoms with Crippen LogP contribution in [0.15, 0.2) is 85.1 Å². The van der Waals surface area contributed by atoms with Gasteiger partial charge in [-0.2, -0.15) is 0 Å². The number of esters is 2. The van der Waals surface area contributed by atoms with Gasteiger partial charge in [0.25, 0.3) is 0 Å². The Morgan fingerprint density at radius 3 is 1.65 bits per heavy atom. The molecule has 0 saturated heterocycles. The second-order valence-electron chi connectivity index (χ2n) is 14.6. The summed E-state index contributed by atoms with van der Waals surface area (Å²) >= 11 is 0. The van der Waals surface area contributed by atoms with Crippen molar-refractivity contribution in [2.75, 3.05) is 26.4 Å². The van der Waals surface area contributed by atoms with E-state index in [4.69, 9.17) is 23.8 Å². The van der Waals surface area contributed by atoms with Gasteiger partial charge in [0.05, 0.1) is 19.8 Å². The third kappa shape index (κ3) is 43.6. The maximum atomic E-state index is 12.7. The van der Waals surface area contributed by atoms with Crippen molar-refractivity contribution in [1.29, 1.82) is 0 Å². The number of unbranched alkanes of at least 4 members (excludes halogenated alkanes) is 10. The summed E-state index contributed by atoms with van der Waals surface area (Å²) in [4.78, 5) is 64.8. The predicted octanol–water partition coefficient (Wildman–Crippen LogP) is 10.7. The van der Waals surface area contributed by atoms with Gasteiger partial charge in [0.15, 0.2) is 11.9 Å². The van der Waals surface area contributed by atoms with Crippen LogP contribution in [0.1, 0.15) is 149 Å². The van der Waals surface area contributed by atoms with Crippen LogP contribution in [-0.2, 0) is 46.6 Å². The summed E-state index contributed by atoms with van der Waals surface area (Å²) in [5.41, 5.74) is 0. The summed E-state index contributed by atoms with van der Waals surface area (Å²) in [5, 5.41) is 9.75. The van der Waals surface area contributed by atoms with Crippen molar-refractivity contribution >= 4 is 33.4 Å². The van der Waals surface area contributed by atoms with Gasteiger partial charge < -0.3 is 29.3 Å². The van der Waals surface area contributed by atoms with Gasteiger partial charge in [-0.05, 0) is 83.1 Å². The molecule has 0 bridgehead atoms. The second-order valence-corrected chi connectivity index (χ2v) is 17.3. The molecule has 0 saturated carbocycles. The Morgan fingerprint density at radius 1 is 0.532 bits per heavy atom. The molecule has 0 fully saturated rings. The Kier molecular flexibility index (Phi) is 38.7. The molecule has 0 aromatic rings. The molecule has 0 aromatic heterocycles. The monoisotopic (exact) mass is 914 g/mol. The second kappa shape index (κ2) is 40.7. The maximum absolute atomic E-state index is 12.7. The number of phosphoric acid groups is 2. The fraction of sp³-hybridized carbons (Fsp3) is 0.630. The van der Waals surface area contributed by atoms with Crippen LogP contribution in [-0.4, -0.2) is 76.1 Å². The first-order valence-electron chi connectivity index (χ1n) is 22.2. The van der Waals surface area contributed by atoms with Crippen molar-refractivity contribution in [3.05, 3.63) is 85.1 Å². The number of hydrogen-bond acceptors (Lipinski definition) is 11. The van der Waals surface area contributed by atoms with E-state index in [1.54, 1.807) is 12.2 Å². The van der Waals surface area contributed by atoms with Crippen LogP contribution in [0, 0.1) is 0 Å². The fourth-order valence-corrected chi connectivity index (χ4v) is 6.51. The largest absolute Gasteiger partial charge is 0.472 e. The molecule has 0 rings (SSSR count). The highest BCUT2D eigenvalue weighted by molar-refractivity contribution is 7.47. The van der Waals surface area contributed by atoms with Crippen LogP contribution in [0.2, 0.25) is 0 Å². The van der Waals surface area contributed by atoms with E-state index in [1.807, 2.05) is 6.08 Å². The lowest BCUT2D eigenvalue weighted by Gasteiger charge is -2.20. The quantitative estimate of drug-likeness (QED) is 0.0112. The minimum absolute atomic E-state index is 0.0627. The van der Waals surface area contributed by atoms with Crippen LogP contribution in [0.4, 0.5) is 0 Å². The standard InChI is InChI=1S/C46H76O14P2/c1-3-5-7-9-11-12-13-14-15-16-17-18-19-20-21-22-24-28-33-37-46(50)60-44(41-59-62(54,55)58-39-43(48)38-57-61(51,52)53)40-56-45(49)36-32-29-25-27-31-35-42(47)34-30-26-23-10-8-6-4-2/h5,7,11-12,14-15,17-18,20-21,23,26,30,34,43-44,48H,3-4,6,8-10,13,16,19,22,24-25,27-29,31-33,35-41H2,1-2H3,(H,54,55)(H2,51,52,53)/b7-5-,12-11-,15-14-,18-17-,21-20-,26-23-,34-30+/t43-,44+/m0/s1. The molecule has 0 radical (unpaired) electrons. The van der Waals surface area contributed by atoms with Gasteiger partial charge in [-0.3, -0.25) is 28.0 Å². The van der Waals surface area contributed by atoms with Gasteiger partial charge in [0, 0.05) is 19.3 Å². The van der Waals surface area contributed by atoms with E-state index in [0.717, 1.165) is 89.9 Å². The van der Waals surface area contributed by atoms with Gasteiger partial charge in [0.2, 0.25) is 0 Å². The highest BCUT2D eigenvalue weighted by atomic mass is 31.2. The zero-order chi connectivity index (χ0) is 46.0. The number of hydrogen-bond donors (Lipinski definition) is 4. The lowest BCUT2D eigenvalue weighted by molar-refractivity contribution is -0.161. The first-order chi connectivity index (χ1) is 29.8. The number of allylic oxidation sites excluding steroid dienone is 14. The third-order valence-corrected chi connectivity index (χ3v) is 10.2. The minimum Gasteiger partial charge on any atom is -0.462 e. The summed E-state index contributed by atoms with van der Waals surface area (Å²) < 4.78 is 47.7. The number of carbonyl (C=O) groups excluding carboxylic acids is 3. The topological polar surface area (TPSA) is 212 Å². The van der Waals surface area contributed by atoms with Crippen molar-refractivity contribution in [3.63, 3.8) is 0 Å². The smallest absolute Gasteiger partial charge is 0.462 e. The molecule has 14 nitrogen and oxygen atoms in total. The van der Waals surface area contributed by atoms with Crippen LogP contribution >= 0.6 is 15.6 Å². The Bertz CT molecular complexity index is 1480. The number of ether oxygens (including phenoxy) is 2. The number of carbonyl (C=O) groups is 3. The minimum atomic E-state index is -4.88. The van der Waals surface area contributed by atoms with Crippen molar-refractivity contribution in [2.24, 2.45) is 0 Å². The summed E-state index contributed by atoms with van der Waals surface area (Å²) in [6.45, 7) is 1.41. The summed E-state index contributed by atoms with van der Waals surface area (Å²) in [6.07, 6.45) is 42.5. The SMILES string of the molecule is CC/C=C\C/C=C\C/C=C\C/C=C\C/C=C\CCCCCC(=O)O[C@H](COC(=O)CCCCCCCC(=O)/C=C/C=C\CCCCC)COP(=O)(O)OC[C@@H](O)COP(=O)(O)O. The van der Waals surface area contributed by atoms with Crippen molar-refractivity contribution in [3.8, 4) is 0 Å². The molecule has 354 valence electrons. The van der Waals surface area contributed by atoms with Gasteiger partial charge in [-0.1, -0.05) is 131 Å². The normalized spacial score (nSPS) is 14.7. The highest BCUT2D eigenvalue weighted by Crippen LogP contribution is 2.43. The lowest BCUT2D eigenvalue weighted by Crippen LogP contribution is -2.30. The van der Waals surface area contributed by atoms with E-state index in [2.05, 4.69) is 89.7 Å². The molecule has 1 unspecified atom stereocenters. The summed E-state index contributed by atoms with van der Waals surface area (Å²) in [5.74, 6) is -1.09. The molecule has 0 aliphatic carbocycles. The first-order valence-corrected chi connectivity index (χ1v) is 25.3. The summed E-state index contributed by atoms with van der Waals surface area (Å²) in [6, 6.07) is 0. The Hall–Kier alpha value is -3.03. The van der Waals surface area contributed by atoms with Gasteiger partial charge in [-0.15, -0.1) is 0 Å². The molecule has 62 heavy (non-hydrogen) atoms. The van der Waals surface area contributed by atoms with Gasteiger partial charge in [-0.25, -0.2) is 9.13 Å². The molecule has 0 aromatic carbocycles. The molecule has 0 aliphatic rings. The fourth-order valence-electron chi connectivity index (χ4n) is 5.35. The molecule has 16 heteroatoms. The Balaban J connectivity index is 4.67. The molecular formula is C46H76O14P2. The highest BCUT2D eigenvalue weighted by Gasteiger charge is 2.28. The average Bonchev–Trinajstić information content (AvgIpc) is 3.23. The van der Waals surface area contributed by atoms with E-state index in [1.165, 1.54) is 12.8 Å². The number of aliphatic hydroxyl groups excluding tert-OH is 1. The molecule has 0 aliphatic heterocycles. The molecule has 3 atom stereocenters. The molecule has 0 spiro atoms. The van der Waals surface area contributed by atoms with Crippen molar-refractivity contribution in [2.45, 2.75) is 161 Å². The predicted molar refractivity (Wildman–Crippen MR) is 244 cm³/mol. The average molecular weight is 915 g/mol. The van der Waals surface area contributed by atoms with E-state index in [9.17, 15) is 33.5 Å². The van der Waals surface area contributed by atoms with Crippen molar-refractivity contribution in [1.82, 2.24) is 0 Å². The van der Waals surface area contributed by atoms with E-state index < -0.39 is 66.2 Å². The van der Waals surface area contributed by atoms with Crippen LogP contribution in [0.5, 0.6) is 0 Å². The Labute approximate surface area is 371 Å². The summed E-state index contributed by atoms with van der Waals surface area (Å²) in [7, 11) is -9.73. The van der Waals surface area contributed by atoms with Gasteiger partial charge >= 0.3 is 27.6 Å². The van der Waals surface area contributed by atoms with Crippen LogP contribution in [0.3, 0.4) is 0 Å². The Morgan fingerprint density at radius 2 is 1.03 bits per heavy atom. The number of ketones is 1. The third-order valence-electron chi connectivity index (χ3n) is 8.73. The lowest BCUT2D eigenvalue weighted by atomic mass is 10.1. The van der Waals surface area contributed by atoms with Crippen LogP contribution in [0.25, 0.3) is 0 Å². The van der Waals surface area contributed by atoms with Gasteiger partial charge in [0.1, 0.15) is 12.7 Å². The molecule has 0 heterocycles. The molecular weight excluding hydrogens is 838 g/mol. The van der Waals surface area contributed by atoms with E-state index in [0.29, 0.717) is 19.3 Å². The molecule has 4 N–H and O–H groups in total. The van der Waals surface area contributed by atoms with Crippen LogP contribution < -0.4 is 0 Å². The first kappa shape index (κ1) is 59.0. The maximum Gasteiger partial charge on any atom is 0.472 e. The number of rotatable bonds is 41. The zero-order valence-corrected chi connectivity index (χ0v) is 39.0. The van der Waals surface area contributed by atoms with E-state index >= 15 is 0 Å². The van der Waals surface area contributed by atoms with Crippen molar-refractivity contribution < 1.29 is 66.3 Å².